The summed E-state index contributed by atoms with van der Waals surface area (Å²) in [6.07, 6.45) is 3.63. The fourth-order valence-electron chi connectivity index (χ4n) is 2.07. The first-order chi connectivity index (χ1) is 11.7. The summed E-state index contributed by atoms with van der Waals surface area (Å²) in [5.74, 6) is 1.61. The van der Waals surface area contributed by atoms with E-state index in [2.05, 4.69) is 34.1 Å². The summed E-state index contributed by atoms with van der Waals surface area (Å²) < 4.78 is 5.67. The van der Waals surface area contributed by atoms with E-state index in [0.717, 1.165) is 28.8 Å². The van der Waals surface area contributed by atoms with E-state index in [1.165, 1.54) is 4.88 Å². The van der Waals surface area contributed by atoms with Crippen LogP contribution in [-0.2, 0) is 13.1 Å². The monoisotopic (exact) mass is 472 g/mol. The number of rotatable bonds is 8. The van der Waals surface area contributed by atoms with Gasteiger partial charge in [0.25, 0.3) is 0 Å². The van der Waals surface area contributed by atoms with Crippen molar-refractivity contribution in [2.75, 3.05) is 13.2 Å². The van der Waals surface area contributed by atoms with E-state index in [1.807, 2.05) is 37.4 Å². The SMILES string of the molecule is C=CCOc1ccccc1CN=C(NCC)NCc1ncc(C)s1.I. The van der Waals surface area contributed by atoms with E-state index >= 15 is 0 Å². The second kappa shape index (κ2) is 11.9. The fraction of sp³-hybridized carbons (Fsp3) is 0.333. The van der Waals surface area contributed by atoms with E-state index in [9.17, 15) is 0 Å². The average Bonchev–Trinajstić information content (AvgIpc) is 3.01. The van der Waals surface area contributed by atoms with Crippen LogP contribution in [0.5, 0.6) is 5.75 Å². The first-order valence-corrected chi connectivity index (χ1v) is 8.79. The Labute approximate surface area is 170 Å². The molecular formula is C18H25IN4OS. The van der Waals surface area contributed by atoms with E-state index < -0.39 is 0 Å². The van der Waals surface area contributed by atoms with Crippen LogP contribution < -0.4 is 15.4 Å². The van der Waals surface area contributed by atoms with E-state index in [4.69, 9.17) is 4.74 Å². The Kier molecular flexibility index (Phi) is 10.2. The van der Waals surface area contributed by atoms with Gasteiger partial charge < -0.3 is 15.4 Å². The van der Waals surface area contributed by atoms with Gasteiger partial charge in [0.15, 0.2) is 5.96 Å². The smallest absolute Gasteiger partial charge is 0.191 e. The largest absolute Gasteiger partial charge is 0.489 e. The molecule has 0 spiro atoms. The van der Waals surface area contributed by atoms with Crippen molar-refractivity contribution in [1.82, 2.24) is 15.6 Å². The molecule has 2 N–H and O–H groups in total. The Morgan fingerprint density at radius 2 is 2.16 bits per heavy atom. The summed E-state index contributed by atoms with van der Waals surface area (Å²) in [4.78, 5) is 10.2. The molecule has 136 valence electrons. The Balaban J connectivity index is 0.00000312. The number of aromatic nitrogens is 1. The average molecular weight is 472 g/mol. The third-order valence-electron chi connectivity index (χ3n) is 3.16. The molecule has 1 aromatic heterocycles. The zero-order valence-electron chi connectivity index (χ0n) is 14.6. The van der Waals surface area contributed by atoms with Crippen LogP contribution in [-0.4, -0.2) is 24.1 Å². The maximum Gasteiger partial charge on any atom is 0.191 e. The van der Waals surface area contributed by atoms with Gasteiger partial charge in [-0.25, -0.2) is 9.98 Å². The highest BCUT2D eigenvalue weighted by molar-refractivity contribution is 14.0. The van der Waals surface area contributed by atoms with Gasteiger partial charge in [0.2, 0.25) is 0 Å². The quantitative estimate of drug-likeness (QED) is 0.265. The van der Waals surface area contributed by atoms with Gasteiger partial charge in [-0.15, -0.1) is 35.3 Å². The minimum absolute atomic E-state index is 0. The second-order valence-corrected chi connectivity index (χ2v) is 6.44. The van der Waals surface area contributed by atoms with Crippen molar-refractivity contribution in [3.8, 4) is 5.75 Å². The lowest BCUT2D eigenvalue weighted by Crippen LogP contribution is -2.36. The van der Waals surface area contributed by atoms with Crippen molar-refractivity contribution in [3.63, 3.8) is 0 Å². The van der Waals surface area contributed by atoms with E-state index in [1.54, 1.807) is 17.4 Å². The van der Waals surface area contributed by atoms with Gasteiger partial charge in [0.1, 0.15) is 17.4 Å². The van der Waals surface area contributed by atoms with Crippen molar-refractivity contribution in [1.29, 1.82) is 0 Å². The molecule has 0 fully saturated rings. The fourth-order valence-corrected chi connectivity index (χ4v) is 2.80. The van der Waals surface area contributed by atoms with Crippen LogP contribution in [0, 0.1) is 6.92 Å². The molecule has 0 aliphatic heterocycles. The lowest BCUT2D eigenvalue weighted by atomic mass is 10.2. The van der Waals surface area contributed by atoms with Crippen LogP contribution in [0.1, 0.15) is 22.4 Å². The molecule has 0 saturated heterocycles. The highest BCUT2D eigenvalue weighted by atomic mass is 127. The number of nitrogens with one attached hydrogen (secondary N) is 2. The van der Waals surface area contributed by atoms with E-state index in [-0.39, 0.29) is 24.0 Å². The molecule has 0 atom stereocenters. The van der Waals surface area contributed by atoms with Crippen LogP contribution in [0.4, 0.5) is 0 Å². The predicted molar refractivity (Wildman–Crippen MR) is 116 cm³/mol. The van der Waals surface area contributed by atoms with Crippen LogP contribution in [0.25, 0.3) is 0 Å². The molecule has 0 unspecified atom stereocenters. The molecule has 25 heavy (non-hydrogen) atoms. The molecule has 0 aliphatic rings. The first-order valence-electron chi connectivity index (χ1n) is 7.98. The summed E-state index contributed by atoms with van der Waals surface area (Å²) >= 11 is 1.69. The van der Waals surface area contributed by atoms with Crippen molar-refractivity contribution < 1.29 is 4.74 Å². The maximum atomic E-state index is 5.67. The molecule has 0 amide bonds. The summed E-state index contributed by atoms with van der Waals surface area (Å²) in [6, 6.07) is 7.92. The number of para-hydroxylation sites is 1. The number of hydrogen-bond donors (Lipinski definition) is 2. The van der Waals surface area contributed by atoms with Gasteiger partial charge in [0.05, 0.1) is 13.1 Å². The van der Waals surface area contributed by atoms with Gasteiger partial charge >= 0.3 is 0 Å². The zero-order valence-corrected chi connectivity index (χ0v) is 17.8. The number of nitrogens with zero attached hydrogens (tertiary/aromatic N) is 2. The minimum atomic E-state index is 0. The lowest BCUT2D eigenvalue weighted by molar-refractivity contribution is 0.359. The topological polar surface area (TPSA) is 58.5 Å². The molecule has 0 aliphatic carbocycles. The Morgan fingerprint density at radius 3 is 2.84 bits per heavy atom. The lowest BCUT2D eigenvalue weighted by Gasteiger charge is -2.12. The van der Waals surface area contributed by atoms with Crippen LogP contribution in [0.3, 0.4) is 0 Å². The van der Waals surface area contributed by atoms with Gasteiger partial charge in [-0.2, -0.15) is 0 Å². The van der Waals surface area contributed by atoms with Crippen molar-refractivity contribution in [2.45, 2.75) is 26.9 Å². The molecule has 0 radical (unpaired) electrons. The van der Waals surface area contributed by atoms with Crippen LogP contribution in [0.15, 0.2) is 48.1 Å². The highest BCUT2D eigenvalue weighted by Gasteiger charge is 2.04. The van der Waals surface area contributed by atoms with Gasteiger partial charge in [-0.1, -0.05) is 30.9 Å². The Hall–Kier alpha value is -1.61. The van der Waals surface area contributed by atoms with Crippen molar-refractivity contribution in [3.05, 3.63) is 58.6 Å². The second-order valence-electron chi connectivity index (χ2n) is 5.12. The molecule has 7 heteroatoms. The molecule has 0 bridgehead atoms. The van der Waals surface area contributed by atoms with Gasteiger partial charge in [0, 0.05) is 23.2 Å². The summed E-state index contributed by atoms with van der Waals surface area (Å²) in [7, 11) is 0. The molecule has 2 aromatic rings. The number of benzene rings is 1. The Morgan fingerprint density at radius 1 is 1.36 bits per heavy atom. The number of guanidine groups is 1. The number of hydrogen-bond acceptors (Lipinski definition) is 4. The number of ether oxygens (including phenoxy) is 1. The molecule has 5 nitrogen and oxygen atoms in total. The maximum absolute atomic E-state index is 5.67. The van der Waals surface area contributed by atoms with Crippen molar-refractivity contribution in [2.24, 2.45) is 4.99 Å². The summed E-state index contributed by atoms with van der Waals surface area (Å²) in [6.45, 7) is 10.3. The number of aliphatic imine (C=N–C) groups is 1. The standard InChI is InChI=1S/C18H24N4OS.HI/c1-4-10-23-16-9-7-6-8-15(16)12-21-18(19-5-2)22-13-17-20-11-14(3)24-17;/h4,6-9,11H,1,5,10,12-13H2,2-3H3,(H2,19,21,22);1H. The summed E-state index contributed by atoms with van der Waals surface area (Å²) in [5.41, 5.74) is 1.04. The van der Waals surface area contributed by atoms with E-state index in [0.29, 0.717) is 19.7 Å². The number of thiazole rings is 1. The van der Waals surface area contributed by atoms with Crippen LogP contribution in [0.2, 0.25) is 0 Å². The Bertz CT molecular complexity index is 687. The van der Waals surface area contributed by atoms with Crippen LogP contribution >= 0.6 is 35.3 Å². The summed E-state index contributed by atoms with van der Waals surface area (Å²) in [5, 5.41) is 7.61. The van der Waals surface area contributed by atoms with Crippen molar-refractivity contribution >= 4 is 41.3 Å². The molecule has 1 heterocycles. The normalized spacial score (nSPS) is 10.7. The first kappa shape index (κ1) is 21.4. The predicted octanol–water partition coefficient (Wildman–Crippen LogP) is 3.89. The minimum Gasteiger partial charge on any atom is -0.489 e. The van der Waals surface area contributed by atoms with Gasteiger partial charge in [-0.3, -0.25) is 0 Å². The van der Waals surface area contributed by atoms with Gasteiger partial charge in [-0.05, 0) is 19.9 Å². The number of aryl methyl sites for hydroxylation is 1. The number of halogens is 1. The third-order valence-corrected chi connectivity index (χ3v) is 4.07. The molecular weight excluding hydrogens is 447 g/mol. The molecule has 0 saturated carbocycles. The molecule has 2 rings (SSSR count). The third kappa shape index (κ3) is 7.43. The highest BCUT2D eigenvalue weighted by Crippen LogP contribution is 2.18. The zero-order chi connectivity index (χ0) is 17.2. The molecule has 1 aromatic carbocycles.